The second-order valence-corrected chi connectivity index (χ2v) is 4.16. The molecular weight excluding hydrogens is 244 g/mol. The molecule has 0 atom stereocenters. The fraction of sp³-hybridized carbons (Fsp3) is 0.462. The second kappa shape index (κ2) is 7.35. The Hall–Kier alpha value is -2.11. The zero-order valence-corrected chi connectivity index (χ0v) is 11.3. The first kappa shape index (κ1) is 14.9. The number of nitrogen functional groups attached to an aromatic ring is 1. The molecule has 1 aromatic heterocycles. The lowest BCUT2D eigenvalue weighted by atomic mass is 10.1. The summed E-state index contributed by atoms with van der Waals surface area (Å²) in [5.74, 6) is -0.224. The molecule has 0 fully saturated rings. The van der Waals surface area contributed by atoms with Gasteiger partial charge in [-0.2, -0.15) is 0 Å². The Kier molecular flexibility index (Phi) is 5.78. The minimum Gasteiger partial charge on any atom is -0.384 e. The molecule has 4 N–H and O–H groups in total. The average molecular weight is 264 g/mol. The molecule has 6 nitrogen and oxygen atoms in total. The third kappa shape index (κ3) is 4.95. The van der Waals surface area contributed by atoms with E-state index < -0.39 is 0 Å². The average Bonchev–Trinajstić information content (AvgIpc) is 2.36. The highest BCUT2D eigenvalue weighted by Crippen LogP contribution is 2.09. The van der Waals surface area contributed by atoms with Gasteiger partial charge in [-0.3, -0.25) is 9.59 Å². The number of aryl methyl sites for hydroxylation is 1. The predicted molar refractivity (Wildman–Crippen MR) is 73.7 cm³/mol. The molecule has 0 unspecified atom stereocenters. The van der Waals surface area contributed by atoms with Gasteiger partial charge >= 0.3 is 0 Å². The molecule has 2 amide bonds. The summed E-state index contributed by atoms with van der Waals surface area (Å²) in [6, 6.07) is 3.21. The van der Waals surface area contributed by atoms with Crippen molar-refractivity contribution in [2.45, 2.75) is 26.7 Å². The van der Waals surface area contributed by atoms with Crippen LogP contribution in [0.4, 0.5) is 5.82 Å². The molecule has 19 heavy (non-hydrogen) atoms. The van der Waals surface area contributed by atoms with Crippen LogP contribution in [0.15, 0.2) is 12.1 Å². The number of likely N-dealkylation sites (N-methyl/N-ethyl adjacent to an activating group) is 1. The van der Waals surface area contributed by atoms with Crippen LogP contribution in [0.5, 0.6) is 0 Å². The SMILES string of the molecule is CCCc1cc(C(=O)NCC(=O)NCC)cc(N)n1. The summed E-state index contributed by atoms with van der Waals surface area (Å²) >= 11 is 0. The quantitative estimate of drug-likeness (QED) is 0.696. The van der Waals surface area contributed by atoms with Crippen LogP contribution in [0.2, 0.25) is 0 Å². The Morgan fingerprint density at radius 2 is 2.00 bits per heavy atom. The van der Waals surface area contributed by atoms with Crippen LogP contribution < -0.4 is 16.4 Å². The van der Waals surface area contributed by atoms with E-state index in [2.05, 4.69) is 15.6 Å². The molecule has 0 aromatic carbocycles. The number of nitrogens with two attached hydrogens (primary N) is 1. The summed E-state index contributed by atoms with van der Waals surface area (Å²) in [6.45, 7) is 4.34. The number of hydrogen-bond acceptors (Lipinski definition) is 4. The van der Waals surface area contributed by atoms with E-state index >= 15 is 0 Å². The number of carbonyl (C=O) groups excluding carboxylic acids is 2. The summed E-state index contributed by atoms with van der Waals surface area (Å²) in [7, 11) is 0. The fourth-order valence-corrected chi connectivity index (χ4v) is 1.65. The molecular formula is C13H20N4O2. The Balaban J connectivity index is 2.68. The van der Waals surface area contributed by atoms with E-state index in [9.17, 15) is 9.59 Å². The number of carbonyl (C=O) groups is 2. The number of hydrogen-bond donors (Lipinski definition) is 3. The van der Waals surface area contributed by atoms with Crippen molar-refractivity contribution in [3.8, 4) is 0 Å². The summed E-state index contributed by atoms with van der Waals surface area (Å²) in [5, 5.41) is 5.15. The molecule has 0 aliphatic heterocycles. The van der Waals surface area contributed by atoms with Gasteiger partial charge in [0.25, 0.3) is 5.91 Å². The van der Waals surface area contributed by atoms with Gasteiger partial charge in [-0.15, -0.1) is 0 Å². The van der Waals surface area contributed by atoms with Gasteiger partial charge in [0.1, 0.15) is 5.82 Å². The van der Waals surface area contributed by atoms with Crippen molar-refractivity contribution in [1.29, 1.82) is 0 Å². The molecule has 0 bridgehead atoms. The lowest BCUT2D eigenvalue weighted by molar-refractivity contribution is -0.120. The van der Waals surface area contributed by atoms with Crippen LogP contribution in [0, 0.1) is 0 Å². The van der Waals surface area contributed by atoms with Crippen molar-refractivity contribution < 1.29 is 9.59 Å². The summed E-state index contributed by atoms with van der Waals surface area (Å²) in [5.41, 5.74) is 6.87. The molecule has 0 radical (unpaired) electrons. The van der Waals surface area contributed by atoms with Crippen molar-refractivity contribution >= 4 is 17.6 Å². The Morgan fingerprint density at radius 1 is 1.26 bits per heavy atom. The molecule has 1 heterocycles. The van der Waals surface area contributed by atoms with Crippen molar-refractivity contribution in [2.24, 2.45) is 0 Å². The highest BCUT2D eigenvalue weighted by molar-refractivity contribution is 5.97. The molecule has 1 rings (SSSR count). The number of aromatic nitrogens is 1. The lowest BCUT2D eigenvalue weighted by Crippen LogP contribution is -2.36. The normalized spacial score (nSPS) is 10.0. The molecule has 6 heteroatoms. The maximum Gasteiger partial charge on any atom is 0.251 e. The van der Waals surface area contributed by atoms with Gasteiger partial charge < -0.3 is 16.4 Å². The van der Waals surface area contributed by atoms with Gasteiger partial charge in [0.05, 0.1) is 6.54 Å². The van der Waals surface area contributed by atoms with Crippen LogP contribution in [0.1, 0.15) is 36.3 Å². The minimum atomic E-state index is -0.322. The fourth-order valence-electron chi connectivity index (χ4n) is 1.65. The van der Waals surface area contributed by atoms with Crippen molar-refractivity contribution in [3.63, 3.8) is 0 Å². The number of rotatable bonds is 6. The largest absolute Gasteiger partial charge is 0.384 e. The number of nitrogens with zero attached hydrogens (tertiary/aromatic N) is 1. The highest BCUT2D eigenvalue weighted by Gasteiger charge is 2.10. The first-order chi connectivity index (χ1) is 9.06. The number of anilines is 1. The third-order valence-electron chi connectivity index (χ3n) is 2.45. The van der Waals surface area contributed by atoms with Crippen molar-refractivity contribution in [1.82, 2.24) is 15.6 Å². The van der Waals surface area contributed by atoms with Crippen LogP contribution >= 0.6 is 0 Å². The lowest BCUT2D eigenvalue weighted by Gasteiger charge is -2.07. The Labute approximate surface area is 112 Å². The van der Waals surface area contributed by atoms with E-state index in [0.29, 0.717) is 17.9 Å². The zero-order valence-electron chi connectivity index (χ0n) is 11.3. The second-order valence-electron chi connectivity index (χ2n) is 4.16. The van der Waals surface area contributed by atoms with Gasteiger partial charge in [-0.05, 0) is 25.5 Å². The molecule has 1 aromatic rings. The Bertz CT molecular complexity index is 460. The zero-order chi connectivity index (χ0) is 14.3. The molecule has 0 aliphatic rings. The first-order valence-corrected chi connectivity index (χ1v) is 6.38. The monoisotopic (exact) mass is 264 g/mol. The van der Waals surface area contributed by atoms with E-state index in [-0.39, 0.29) is 18.4 Å². The van der Waals surface area contributed by atoms with Crippen molar-refractivity contribution in [3.05, 3.63) is 23.4 Å². The maximum absolute atomic E-state index is 11.9. The molecule has 0 saturated heterocycles. The molecule has 0 saturated carbocycles. The van der Waals surface area contributed by atoms with E-state index in [1.165, 1.54) is 6.07 Å². The predicted octanol–water partition coefficient (Wildman–Crippen LogP) is 0.482. The standard InChI is InChI=1S/C13H20N4O2/c1-3-5-10-6-9(7-11(14)17-10)13(19)16-8-12(18)15-4-2/h6-7H,3-5,8H2,1-2H3,(H2,14,17)(H,15,18)(H,16,19). The molecule has 0 spiro atoms. The first-order valence-electron chi connectivity index (χ1n) is 6.38. The summed E-state index contributed by atoms with van der Waals surface area (Å²) in [6.07, 6.45) is 1.69. The van der Waals surface area contributed by atoms with E-state index in [1.54, 1.807) is 6.07 Å². The van der Waals surface area contributed by atoms with Crippen LogP contribution in [-0.2, 0) is 11.2 Å². The smallest absolute Gasteiger partial charge is 0.251 e. The molecule has 0 aliphatic carbocycles. The van der Waals surface area contributed by atoms with Gasteiger partial charge in [-0.25, -0.2) is 4.98 Å². The van der Waals surface area contributed by atoms with E-state index in [0.717, 1.165) is 18.5 Å². The number of nitrogens with one attached hydrogen (secondary N) is 2. The minimum absolute atomic E-state index is 0.0436. The number of pyridine rings is 1. The van der Waals surface area contributed by atoms with Gasteiger partial charge in [0, 0.05) is 17.8 Å². The van der Waals surface area contributed by atoms with E-state index in [4.69, 9.17) is 5.73 Å². The van der Waals surface area contributed by atoms with Crippen LogP contribution in [0.25, 0.3) is 0 Å². The van der Waals surface area contributed by atoms with Crippen LogP contribution in [-0.4, -0.2) is 29.9 Å². The van der Waals surface area contributed by atoms with Gasteiger partial charge in [-0.1, -0.05) is 13.3 Å². The summed E-state index contributed by atoms with van der Waals surface area (Å²) < 4.78 is 0. The van der Waals surface area contributed by atoms with Crippen molar-refractivity contribution in [2.75, 3.05) is 18.8 Å². The molecule has 104 valence electrons. The topological polar surface area (TPSA) is 97.1 Å². The maximum atomic E-state index is 11.9. The van der Waals surface area contributed by atoms with Crippen LogP contribution in [0.3, 0.4) is 0 Å². The van der Waals surface area contributed by atoms with E-state index in [1.807, 2.05) is 13.8 Å². The number of amides is 2. The summed E-state index contributed by atoms with van der Waals surface area (Å²) in [4.78, 5) is 27.3. The highest BCUT2D eigenvalue weighted by atomic mass is 16.2. The van der Waals surface area contributed by atoms with Gasteiger partial charge in [0.2, 0.25) is 5.91 Å². The third-order valence-corrected chi connectivity index (χ3v) is 2.45. The van der Waals surface area contributed by atoms with Gasteiger partial charge in [0.15, 0.2) is 0 Å². The Morgan fingerprint density at radius 3 is 2.63 bits per heavy atom.